The highest BCUT2D eigenvalue weighted by molar-refractivity contribution is 5.85. The van der Waals surface area contributed by atoms with Crippen LogP contribution in [0.25, 0.3) is 16.7 Å². The molecule has 0 N–H and O–H groups in total. The molecule has 0 bridgehead atoms. The molecule has 17 heavy (non-hydrogen) atoms. The first-order chi connectivity index (χ1) is 8.31. The van der Waals surface area contributed by atoms with Crippen molar-refractivity contribution in [2.45, 2.75) is 6.42 Å². The maximum atomic E-state index is 4.07. The van der Waals surface area contributed by atoms with E-state index in [2.05, 4.69) is 55.6 Å². The normalized spacial score (nSPS) is 11.8. The smallest absolute Gasteiger partial charge is 0.000729 e. The third-order valence-corrected chi connectivity index (χ3v) is 3.44. The molecule has 0 aliphatic heterocycles. The van der Waals surface area contributed by atoms with Gasteiger partial charge in [0.1, 0.15) is 0 Å². The molecule has 0 aromatic heterocycles. The lowest BCUT2D eigenvalue weighted by Crippen LogP contribution is -1.89. The van der Waals surface area contributed by atoms with Crippen molar-refractivity contribution in [3.63, 3.8) is 0 Å². The molecule has 0 unspecified atom stereocenters. The highest BCUT2D eigenvalue weighted by Crippen LogP contribution is 2.39. The number of benzene rings is 2. The molecule has 0 nitrogen and oxygen atoms in total. The summed E-state index contributed by atoms with van der Waals surface area (Å²) in [7, 11) is 0. The molecular weight excluding hydrogens is 204 g/mol. The van der Waals surface area contributed by atoms with Crippen LogP contribution in [0.3, 0.4) is 0 Å². The van der Waals surface area contributed by atoms with Gasteiger partial charge in [-0.3, -0.25) is 0 Å². The number of hydrogen-bond donors (Lipinski definition) is 0. The average molecular weight is 218 g/mol. The van der Waals surface area contributed by atoms with E-state index in [1.54, 1.807) is 0 Å². The summed E-state index contributed by atoms with van der Waals surface area (Å²) in [4.78, 5) is 0. The molecule has 0 heteroatoms. The highest BCUT2D eigenvalue weighted by Gasteiger charge is 2.20. The van der Waals surface area contributed by atoms with Gasteiger partial charge < -0.3 is 0 Å². The zero-order valence-corrected chi connectivity index (χ0v) is 9.74. The molecule has 3 rings (SSSR count). The summed E-state index contributed by atoms with van der Waals surface area (Å²) in [5.74, 6) is 0. The Kier molecular flexibility index (Phi) is 2.22. The fourth-order valence-electron chi connectivity index (χ4n) is 2.57. The minimum Gasteiger partial charge on any atom is -0.0985 e. The molecule has 0 heterocycles. The SMILES string of the molecule is C=CC(=C)c1cccc2c1Cc1ccccc1-2. The number of allylic oxidation sites excluding steroid dienone is 2. The van der Waals surface area contributed by atoms with Gasteiger partial charge in [-0.2, -0.15) is 0 Å². The average Bonchev–Trinajstić information content (AvgIpc) is 2.76. The molecule has 0 spiro atoms. The van der Waals surface area contributed by atoms with E-state index in [1.807, 2.05) is 6.08 Å². The molecule has 0 radical (unpaired) electrons. The third-order valence-electron chi connectivity index (χ3n) is 3.44. The quantitative estimate of drug-likeness (QED) is 0.557. The van der Waals surface area contributed by atoms with Gasteiger partial charge in [0.25, 0.3) is 0 Å². The van der Waals surface area contributed by atoms with Crippen LogP contribution in [0.2, 0.25) is 0 Å². The fraction of sp³-hybridized carbons (Fsp3) is 0.0588. The predicted octanol–water partition coefficient (Wildman–Crippen LogP) is 4.46. The molecule has 0 saturated heterocycles. The van der Waals surface area contributed by atoms with Crippen LogP contribution in [0, 0.1) is 0 Å². The first kappa shape index (κ1) is 10.1. The van der Waals surface area contributed by atoms with Gasteiger partial charge in [0.15, 0.2) is 0 Å². The fourth-order valence-corrected chi connectivity index (χ4v) is 2.57. The van der Waals surface area contributed by atoms with E-state index in [0.717, 1.165) is 12.0 Å². The van der Waals surface area contributed by atoms with Gasteiger partial charge in [-0.05, 0) is 39.8 Å². The molecule has 82 valence electrons. The van der Waals surface area contributed by atoms with Gasteiger partial charge in [-0.1, -0.05) is 61.7 Å². The Hall–Kier alpha value is -2.08. The maximum Gasteiger partial charge on any atom is -0.000729 e. The van der Waals surface area contributed by atoms with Crippen LogP contribution in [0.1, 0.15) is 16.7 Å². The summed E-state index contributed by atoms with van der Waals surface area (Å²) in [5, 5.41) is 0. The molecule has 2 aromatic carbocycles. The highest BCUT2D eigenvalue weighted by atomic mass is 14.2. The molecule has 0 amide bonds. The number of hydrogen-bond acceptors (Lipinski definition) is 0. The Labute approximate surface area is 102 Å². The van der Waals surface area contributed by atoms with Gasteiger partial charge in [0.2, 0.25) is 0 Å². The molecule has 2 aromatic rings. The molecule has 0 fully saturated rings. The van der Waals surface area contributed by atoms with Crippen LogP contribution < -0.4 is 0 Å². The van der Waals surface area contributed by atoms with Gasteiger partial charge in [0, 0.05) is 0 Å². The van der Waals surface area contributed by atoms with E-state index in [4.69, 9.17) is 0 Å². The standard InChI is InChI=1S/C17H14/c1-3-12(2)14-9-6-10-16-15-8-5-4-7-13(15)11-17(14)16/h3-10H,1-2,11H2. The van der Waals surface area contributed by atoms with E-state index < -0.39 is 0 Å². The van der Waals surface area contributed by atoms with E-state index in [1.165, 1.54) is 27.8 Å². The van der Waals surface area contributed by atoms with E-state index in [9.17, 15) is 0 Å². The minimum absolute atomic E-state index is 1.01. The van der Waals surface area contributed by atoms with Crippen LogP contribution in [0.5, 0.6) is 0 Å². The molecular formula is C17H14. The maximum absolute atomic E-state index is 4.07. The van der Waals surface area contributed by atoms with E-state index in [0.29, 0.717) is 0 Å². The van der Waals surface area contributed by atoms with Crippen molar-refractivity contribution in [3.05, 3.63) is 78.4 Å². The van der Waals surface area contributed by atoms with Gasteiger partial charge in [-0.25, -0.2) is 0 Å². The molecule has 0 atom stereocenters. The van der Waals surface area contributed by atoms with Gasteiger partial charge >= 0.3 is 0 Å². The van der Waals surface area contributed by atoms with Crippen LogP contribution in [-0.2, 0) is 6.42 Å². The zero-order chi connectivity index (χ0) is 11.8. The summed E-state index contributed by atoms with van der Waals surface area (Å²) >= 11 is 0. The summed E-state index contributed by atoms with van der Waals surface area (Å²) in [5.41, 5.74) is 7.75. The van der Waals surface area contributed by atoms with Crippen molar-refractivity contribution < 1.29 is 0 Å². The summed E-state index contributed by atoms with van der Waals surface area (Å²) in [6.45, 7) is 7.88. The van der Waals surface area contributed by atoms with Crippen molar-refractivity contribution >= 4 is 5.57 Å². The molecule has 0 saturated carbocycles. The number of fused-ring (bicyclic) bond motifs is 3. The first-order valence-electron chi connectivity index (χ1n) is 5.83. The van der Waals surface area contributed by atoms with E-state index >= 15 is 0 Å². The second-order valence-corrected chi connectivity index (χ2v) is 4.39. The van der Waals surface area contributed by atoms with Crippen molar-refractivity contribution in [3.8, 4) is 11.1 Å². The van der Waals surface area contributed by atoms with Crippen LogP contribution in [0.4, 0.5) is 0 Å². The summed E-state index contributed by atoms with van der Waals surface area (Å²) < 4.78 is 0. The number of rotatable bonds is 2. The summed E-state index contributed by atoms with van der Waals surface area (Å²) in [6.07, 6.45) is 2.84. The predicted molar refractivity (Wildman–Crippen MR) is 73.9 cm³/mol. The van der Waals surface area contributed by atoms with Crippen molar-refractivity contribution in [2.75, 3.05) is 0 Å². The Morgan fingerprint density at radius 2 is 1.76 bits per heavy atom. The molecule has 1 aliphatic carbocycles. The van der Waals surface area contributed by atoms with Crippen molar-refractivity contribution in [2.24, 2.45) is 0 Å². The zero-order valence-electron chi connectivity index (χ0n) is 9.74. The first-order valence-corrected chi connectivity index (χ1v) is 5.83. The van der Waals surface area contributed by atoms with Gasteiger partial charge in [-0.15, -0.1) is 0 Å². The van der Waals surface area contributed by atoms with Crippen LogP contribution >= 0.6 is 0 Å². The van der Waals surface area contributed by atoms with Crippen LogP contribution in [0.15, 0.2) is 61.7 Å². The Balaban J connectivity index is 2.24. The van der Waals surface area contributed by atoms with Crippen LogP contribution in [-0.4, -0.2) is 0 Å². The topological polar surface area (TPSA) is 0 Å². The van der Waals surface area contributed by atoms with Crippen molar-refractivity contribution in [1.29, 1.82) is 0 Å². The minimum atomic E-state index is 1.01. The lowest BCUT2D eigenvalue weighted by atomic mass is 9.96. The Morgan fingerprint density at radius 3 is 2.59 bits per heavy atom. The monoisotopic (exact) mass is 218 g/mol. The Bertz CT molecular complexity index is 618. The van der Waals surface area contributed by atoms with E-state index in [-0.39, 0.29) is 0 Å². The largest absolute Gasteiger partial charge is 0.0985 e. The lowest BCUT2D eigenvalue weighted by Gasteiger charge is -2.08. The lowest BCUT2D eigenvalue weighted by molar-refractivity contribution is 1.25. The third kappa shape index (κ3) is 1.45. The molecule has 1 aliphatic rings. The summed E-state index contributed by atoms with van der Waals surface area (Å²) in [6, 6.07) is 15.0. The van der Waals surface area contributed by atoms with Gasteiger partial charge in [0.05, 0.1) is 0 Å². The second-order valence-electron chi connectivity index (χ2n) is 4.39. The van der Waals surface area contributed by atoms with Crippen molar-refractivity contribution in [1.82, 2.24) is 0 Å². The second kappa shape index (κ2) is 3.74. The Morgan fingerprint density at radius 1 is 1.00 bits per heavy atom.